The first-order valence-corrected chi connectivity index (χ1v) is 5.73. The smallest absolute Gasteiger partial charge is 0.0874 e. The summed E-state index contributed by atoms with van der Waals surface area (Å²) < 4.78 is 5.68. The molecule has 4 heteroatoms. The fourth-order valence-electron chi connectivity index (χ4n) is 2.03. The molecule has 16 heavy (non-hydrogen) atoms. The zero-order valence-electron chi connectivity index (χ0n) is 9.94. The van der Waals surface area contributed by atoms with Gasteiger partial charge in [-0.3, -0.25) is 4.98 Å². The number of hydrogen-bond acceptors (Lipinski definition) is 4. The van der Waals surface area contributed by atoms with Crippen LogP contribution in [0.25, 0.3) is 0 Å². The number of hydrogen-bond donors (Lipinski definition) is 1. The maximum Gasteiger partial charge on any atom is 0.0874 e. The van der Waals surface area contributed by atoms with Crippen LogP contribution in [0.3, 0.4) is 0 Å². The maximum absolute atomic E-state index is 5.68. The number of nitrogens with zero attached hydrogens (tertiary/aromatic N) is 2. The van der Waals surface area contributed by atoms with Gasteiger partial charge in [-0.2, -0.15) is 0 Å². The quantitative estimate of drug-likeness (QED) is 0.820. The number of morpholine rings is 1. The molecule has 1 saturated heterocycles. The van der Waals surface area contributed by atoms with E-state index in [2.05, 4.69) is 27.3 Å². The summed E-state index contributed by atoms with van der Waals surface area (Å²) in [5.41, 5.74) is 2.31. The van der Waals surface area contributed by atoms with Crippen molar-refractivity contribution in [2.24, 2.45) is 0 Å². The van der Waals surface area contributed by atoms with E-state index in [9.17, 15) is 0 Å². The third kappa shape index (κ3) is 2.71. The Morgan fingerprint density at radius 3 is 3.25 bits per heavy atom. The van der Waals surface area contributed by atoms with Crippen LogP contribution in [0.4, 0.5) is 5.69 Å². The van der Waals surface area contributed by atoms with E-state index in [1.807, 2.05) is 20.2 Å². The summed E-state index contributed by atoms with van der Waals surface area (Å²) in [7, 11) is 1.96. The molecule has 2 rings (SSSR count). The van der Waals surface area contributed by atoms with Crippen LogP contribution >= 0.6 is 0 Å². The van der Waals surface area contributed by atoms with Crippen LogP contribution in [0.2, 0.25) is 0 Å². The Labute approximate surface area is 96.6 Å². The molecule has 1 aliphatic heterocycles. The second-order valence-electron chi connectivity index (χ2n) is 4.15. The molecule has 2 heterocycles. The third-order valence-corrected chi connectivity index (χ3v) is 2.82. The van der Waals surface area contributed by atoms with Gasteiger partial charge >= 0.3 is 0 Å². The highest BCUT2D eigenvalue weighted by atomic mass is 16.5. The monoisotopic (exact) mass is 221 g/mol. The molecule has 4 nitrogen and oxygen atoms in total. The molecule has 88 valence electrons. The highest BCUT2D eigenvalue weighted by molar-refractivity contribution is 5.46. The minimum atomic E-state index is 0.284. The van der Waals surface area contributed by atoms with E-state index >= 15 is 0 Å². The van der Waals surface area contributed by atoms with Crippen molar-refractivity contribution < 1.29 is 4.74 Å². The van der Waals surface area contributed by atoms with Gasteiger partial charge in [0.15, 0.2) is 0 Å². The summed E-state index contributed by atoms with van der Waals surface area (Å²) in [4.78, 5) is 6.58. The summed E-state index contributed by atoms with van der Waals surface area (Å²) in [5, 5.41) is 3.16. The lowest BCUT2D eigenvalue weighted by atomic mass is 10.2. The van der Waals surface area contributed by atoms with Gasteiger partial charge in [0.05, 0.1) is 12.7 Å². The van der Waals surface area contributed by atoms with E-state index in [-0.39, 0.29) is 6.10 Å². The van der Waals surface area contributed by atoms with E-state index < -0.39 is 0 Å². The number of pyridine rings is 1. The zero-order valence-corrected chi connectivity index (χ0v) is 9.94. The number of rotatable bonds is 3. The predicted octanol–water partition coefficient (Wildman–Crippen LogP) is 0.815. The lowest BCUT2D eigenvalue weighted by Gasteiger charge is -2.34. The fourth-order valence-corrected chi connectivity index (χ4v) is 2.03. The molecule has 1 fully saturated rings. The van der Waals surface area contributed by atoms with E-state index in [0.717, 1.165) is 31.9 Å². The number of anilines is 1. The van der Waals surface area contributed by atoms with Crippen molar-refractivity contribution in [3.05, 3.63) is 24.0 Å². The molecular weight excluding hydrogens is 202 g/mol. The van der Waals surface area contributed by atoms with Crippen LogP contribution < -0.4 is 10.2 Å². The molecule has 1 aromatic rings. The molecule has 0 aromatic carbocycles. The minimum Gasteiger partial charge on any atom is -0.373 e. The van der Waals surface area contributed by atoms with Crippen LogP contribution in [-0.2, 0) is 4.74 Å². The Morgan fingerprint density at radius 2 is 2.50 bits per heavy atom. The Kier molecular flexibility index (Phi) is 3.74. The van der Waals surface area contributed by atoms with Gasteiger partial charge in [0, 0.05) is 37.2 Å². The molecule has 0 bridgehead atoms. The van der Waals surface area contributed by atoms with Gasteiger partial charge in [-0.05, 0) is 26.1 Å². The number of ether oxygens (including phenoxy) is 1. The number of aryl methyl sites for hydroxylation is 1. The summed E-state index contributed by atoms with van der Waals surface area (Å²) in [6.07, 6.45) is 2.15. The van der Waals surface area contributed by atoms with E-state index in [4.69, 9.17) is 4.74 Å². The normalized spacial score (nSPS) is 21.1. The Bertz CT molecular complexity index is 341. The van der Waals surface area contributed by atoms with Crippen molar-refractivity contribution in [3.8, 4) is 0 Å². The molecule has 1 aromatic heterocycles. The second kappa shape index (κ2) is 5.27. The topological polar surface area (TPSA) is 37.4 Å². The molecule has 1 N–H and O–H groups in total. The van der Waals surface area contributed by atoms with Gasteiger partial charge in [0.2, 0.25) is 0 Å². The van der Waals surface area contributed by atoms with Gasteiger partial charge in [0.1, 0.15) is 0 Å². The highest BCUT2D eigenvalue weighted by Crippen LogP contribution is 2.17. The summed E-state index contributed by atoms with van der Waals surface area (Å²) in [6.45, 7) is 5.64. The van der Waals surface area contributed by atoms with Gasteiger partial charge in [0.25, 0.3) is 0 Å². The molecular formula is C12H19N3O. The van der Waals surface area contributed by atoms with E-state index in [1.54, 1.807) is 0 Å². The SMILES string of the molecule is CNCC1CN(c2ccnc(C)c2)CCO1. The predicted molar refractivity (Wildman–Crippen MR) is 64.9 cm³/mol. The average molecular weight is 221 g/mol. The number of likely N-dealkylation sites (N-methyl/N-ethyl adjacent to an activating group) is 1. The van der Waals surface area contributed by atoms with Gasteiger partial charge in [-0.1, -0.05) is 0 Å². The van der Waals surface area contributed by atoms with Crippen LogP contribution in [0.5, 0.6) is 0 Å². The van der Waals surface area contributed by atoms with Crippen molar-refractivity contribution in [2.75, 3.05) is 38.2 Å². The average Bonchev–Trinajstić information content (AvgIpc) is 2.30. The van der Waals surface area contributed by atoms with Crippen molar-refractivity contribution in [1.82, 2.24) is 10.3 Å². The van der Waals surface area contributed by atoms with Gasteiger partial charge < -0.3 is 15.0 Å². The molecule has 0 amide bonds. The maximum atomic E-state index is 5.68. The van der Waals surface area contributed by atoms with Crippen LogP contribution in [0, 0.1) is 6.92 Å². The standard InChI is InChI=1S/C12H19N3O/c1-10-7-11(3-4-14-10)15-5-6-16-12(9-15)8-13-2/h3-4,7,12-13H,5-6,8-9H2,1-2H3. The zero-order chi connectivity index (χ0) is 11.4. The van der Waals surface area contributed by atoms with Crippen molar-refractivity contribution in [2.45, 2.75) is 13.0 Å². The molecule has 0 aliphatic carbocycles. The highest BCUT2D eigenvalue weighted by Gasteiger charge is 2.19. The van der Waals surface area contributed by atoms with Gasteiger partial charge in [-0.25, -0.2) is 0 Å². The first-order chi connectivity index (χ1) is 7.79. The van der Waals surface area contributed by atoms with Crippen LogP contribution in [0.1, 0.15) is 5.69 Å². The molecule has 1 aliphatic rings. The Morgan fingerprint density at radius 1 is 1.62 bits per heavy atom. The largest absolute Gasteiger partial charge is 0.373 e. The summed E-state index contributed by atoms with van der Waals surface area (Å²) in [5.74, 6) is 0. The van der Waals surface area contributed by atoms with Gasteiger partial charge in [-0.15, -0.1) is 0 Å². The molecule has 1 unspecified atom stereocenters. The molecule has 0 radical (unpaired) electrons. The summed E-state index contributed by atoms with van der Waals surface area (Å²) in [6, 6.07) is 4.19. The first-order valence-electron chi connectivity index (χ1n) is 5.73. The van der Waals surface area contributed by atoms with Crippen LogP contribution in [0.15, 0.2) is 18.3 Å². The molecule has 1 atom stereocenters. The van der Waals surface area contributed by atoms with E-state index in [1.165, 1.54) is 5.69 Å². The first kappa shape index (κ1) is 11.4. The number of aromatic nitrogens is 1. The Balaban J connectivity index is 2.03. The van der Waals surface area contributed by atoms with Crippen LogP contribution in [-0.4, -0.2) is 44.4 Å². The lowest BCUT2D eigenvalue weighted by Crippen LogP contribution is -2.46. The molecule has 0 saturated carbocycles. The van der Waals surface area contributed by atoms with Crippen molar-refractivity contribution in [3.63, 3.8) is 0 Å². The lowest BCUT2D eigenvalue weighted by molar-refractivity contribution is 0.0421. The van der Waals surface area contributed by atoms with Crippen molar-refractivity contribution >= 4 is 5.69 Å². The Hall–Kier alpha value is -1.13. The fraction of sp³-hybridized carbons (Fsp3) is 0.583. The molecule has 0 spiro atoms. The third-order valence-electron chi connectivity index (χ3n) is 2.82. The minimum absolute atomic E-state index is 0.284. The number of nitrogens with one attached hydrogen (secondary N) is 1. The van der Waals surface area contributed by atoms with E-state index in [0.29, 0.717) is 0 Å². The summed E-state index contributed by atoms with van der Waals surface area (Å²) >= 11 is 0. The van der Waals surface area contributed by atoms with Crippen molar-refractivity contribution in [1.29, 1.82) is 0 Å². The second-order valence-corrected chi connectivity index (χ2v) is 4.15.